The lowest BCUT2D eigenvalue weighted by molar-refractivity contribution is -0.134. The third-order valence-corrected chi connectivity index (χ3v) is 4.30. The van der Waals surface area contributed by atoms with Gasteiger partial charge in [-0.2, -0.15) is 0 Å². The highest BCUT2D eigenvalue weighted by Crippen LogP contribution is 2.28. The maximum absolute atomic E-state index is 11.6. The molecule has 0 fully saturated rings. The molecule has 3 aromatic rings. The molecule has 1 N–H and O–H groups in total. The summed E-state index contributed by atoms with van der Waals surface area (Å²) < 4.78 is 7.35. The molecular weight excluding hydrogens is 328 g/mol. The van der Waals surface area contributed by atoms with Crippen LogP contribution in [-0.2, 0) is 22.5 Å². The van der Waals surface area contributed by atoms with Crippen LogP contribution in [0.2, 0.25) is 0 Å². The average Bonchev–Trinajstić information content (AvgIpc) is 3.22. The Bertz CT molecular complexity index is 974. The zero-order valence-corrected chi connectivity index (χ0v) is 14.1. The van der Waals surface area contributed by atoms with Crippen molar-refractivity contribution >= 4 is 11.7 Å². The largest absolute Gasteiger partial charge is 0.508 e. The van der Waals surface area contributed by atoms with Gasteiger partial charge in [0, 0.05) is 13.0 Å². The van der Waals surface area contributed by atoms with Gasteiger partial charge in [0.1, 0.15) is 11.4 Å². The van der Waals surface area contributed by atoms with Crippen LogP contribution in [0.1, 0.15) is 28.9 Å². The Morgan fingerprint density at radius 2 is 1.88 bits per heavy atom. The van der Waals surface area contributed by atoms with E-state index in [1.54, 1.807) is 30.6 Å². The first-order valence-electron chi connectivity index (χ1n) is 8.46. The molecule has 1 aliphatic heterocycles. The van der Waals surface area contributed by atoms with E-state index in [0.717, 1.165) is 22.5 Å². The molecule has 1 aromatic heterocycles. The van der Waals surface area contributed by atoms with Crippen LogP contribution in [0.25, 0.3) is 5.76 Å². The van der Waals surface area contributed by atoms with Gasteiger partial charge < -0.3 is 14.4 Å². The lowest BCUT2D eigenvalue weighted by atomic mass is 10.1. The van der Waals surface area contributed by atoms with Crippen molar-refractivity contribution in [1.82, 2.24) is 9.55 Å². The highest BCUT2D eigenvalue weighted by molar-refractivity contribution is 5.85. The van der Waals surface area contributed by atoms with E-state index in [2.05, 4.69) is 4.98 Å². The monoisotopic (exact) mass is 346 g/mol. The highest BCUT2D eigenvalue weighted by atomic mass is 16.5. The molecule has 0 spiro atoms. The maximum Gasteiger partial charge on any atom is 0.315 e. The Kier molecular flexibility index (Phi) is 4.27. The molecule has 26 heavy (non-hydrogen) atoms. The number of carbonyl (C=O) groups is 1. The van der Waals surface area contributed by atoms with Crippen LogP contribution >= 0.6 is 0 Å². The number of ether oxygens (including phenoxy) is 1. The molecule has 5 nitrogen and oxygen atoms in total. The zero-order valence-electron chi connectivity index (χ0n) is 14.1. The number of phenols is 1. The minimum Gasteiger partial charge on any atom is -0.508 e. The number of phenolic OH excluding ortho intramolecular Hbond substituents is 1. The number of aromatic nitrogens is 2. The van der Waals surface area contributed by atoms with Crippen LogP contribution in [0.5, 0.6) is 5.75 Å². The number of hydrogen-bond acceptors (Lipinski definition) is 4. The Hall–Kier alpha value is -3.34. The van der Waals surface area contributed by atoms with Crippen molar-refractivity contribution in [2.45, 2.75) is 19.4 Å². The molecule has 0 bridgehead atoms. The van der Waals surface area contributed by atoms with E-state index in [0.29, 0.717) is 18.7 Å². The molecule has 2 aromatic carbocycles. The third-order valence-electron chi connectivity index (χ3n) is 4.30. The Balaban J connectivity index is 1.70. The number of imidazole rings is 1. The molecule has 0 amide bonds. The molecule has 0 radical (unpaired) electrons. The topological polar surface area (TPSA) is 64.4 Å². The highest BCUT2D eigenvalue weighted by Gasteiger charge is 2.23. The van der Waals surface area contributed by atoms with Crippen LogP contribution in [0.15, 0.2) is 67.0 Å². The third kappa shape index (κ3) is 3.37. The number of hydrogen-bond donors (Lipinski definition) is 1. The first kappa shape index (κ1) is 16.1. The molecule has 0 saturated carbocycles. The van der Waals surface area contributed by atoms with Crippen molar-refractivity contribution in [3.63, 3.8) is 0 Å². The van der Waals surface area contributed by atoms with Gasteiger partial charge in [-0.15, -0.1) is 0 Å². The van der Waals surface area contributed by atoms with Gasteiger partial charge in [-0.05, 0) is 29.3 Å². The van der Waals surface area contributed by atoms with E-state index < -0.39 is 0 Å². The summed E-state index contributed by atoms with van der Waals surface area (Å²) >= 11 is 0. The summed E-state index contributed by atoms with van der Waals surface area (Å²) in [6, 6.07) is 17.2. The Labute approximate surface area is 151 Å². The molecule has 0 saturated heterocycles. The van der Waals surface area contributed by atoms with Gasteiger partial charge in [-0.25, -0.2) is 4.98 Å². The number of rotatable bonds is 5. The first-order valence-corrected chi connectivity index (χ1v) is 8.46. The summed E-state index contributed by atoms with van der Waals surface area (Å²) in [5.74, 6) is 0.523. The summed E-state index contributed by atoms with van der Waals surface area (Å²) in [5.41, 5.74) is 3.75. The van der Waals surface area contributed by atoms with Crippen LogP contribution in [0.3, 0.4) is 0 Å². The molecule has 0 atom stereocenters. The lowest BCUT2D eigenvalue weighted by Crippen LogP contribution is -2.06. The van der Waals surface area contributed by atoms with Crippen molar-refractivity contribution in [2.75, 3.05) is 0 Å². The van der Waals surface area contributed by atoms with E-state index in [9.17, 15) is 9.90 Å². The van der Waals surface area contributed by atoms with Gasteiger partial charge in [-0.3, -0.25) is 4.79 Å². The molecular formula is C21H18N2O3. The van der Waals surface area contributed by atoms with Gasteiger partial charge in [-0.1, -0.05) is 42.5 Å². The van der Waals surface area contributed by atoms with Crippen LogP contribution < -0.4 is 0 Å². The molecule has 130 valence electrons. The molecule has 4 rings (SSSR count). The number of aromatic hydroxyl groups is 1. The van der Waals surface area contributed by atoms with E-state index in [-0.39, 0.29) is 18.1 Å². The smallest absolute Gasteiger partial charge is 0.315 e. The maximum atomic E-state index is 11.6. The second kappa shape index (κ2) is 6.88. The van der Waals surface area contributed by atoms with Gasteiger partial charge in [0.25, 0.3) is 0 Å². The number of esters is 1. The number of nitrogens with zero attached hydrogens (tertiary/aromatic N) is 2. The predicted molar refractivity (Wildman–Crippen MR) is 97.4 cm³/mol. The van der Waals surface area contributed by atoms with Crippen molar-refractivity contribution < 1.29 is 14.6 Å². The standard InChI is InChI=1S/C21H18N2O3/c24-17-8-4-7-16(11-17)13-23-14-22-18(12-15-5-2-1-3-6-15)21(23)19-9-10-20(25)26-19/h1-9,11,14,24H,10,12-13H2. The summed E-state index contributed by atoms with van der Waals surface area (Å²) in [6.45, 7) is 0.528. The van der Waals surface area contributed by atoms with Gasteiger partial charge in [0.2, 0.25) is 0 Å². The van der Waals surface area contributed by atoms with Gasteiger partial charge >= 0.3 is 5.97 Å². The second-order valence-corrected chi connectivity index (χ2v) is 6.25. The number of carbonyl (C=O) groups excluding carboxylic acids is 1. The molecule has 0 unspecified atom stereocenters. The quantitative estimate of drug-likeness (QED) is 0.718. The van der Waals surface area contributed by atoms with Crippen molar-refractivity contribution in [2.24, 2.45) is 0 Å². The van der Waals surface area contributed by atoms with Crippen LogP contribution in [0.4, 0.5) is 0 Å². The molecule has 2 heterocycles. The minimum atomic E-state index is -0.254. The SMILES string of the molecule is O=C1CC=C(c2c(Cc3ccccc3)ncn2Cc2cccc(O)c2)O1. The summed E-state index contributed by atoms with van der Waals surface area (Å²) in [7, 11) is 0. The zero-order chi connectivity index (χ0) is 17.9. The summed E-state index contributed by atoms with van der Waals surface area (Å²) in [6.07, 6.45) is 4.48. The summed E-state index contributed by atoms with van der Waals surface area (Å²) in [4.78, 5) is 16.2. The van der Waals surface area contributed by atoms with Crippen LogP contribution in [0, 0.1) is 0 Å². The van der Waals surface area contributed by atoms with E-state index in [4.69, 9.17) is 4.74 Å². The van der Waals surface area contributed by atoms with Crippen LogP contribution in [-0.4, -0.2) is 20.6 Å². The lowest BCUT2D eigenvalue weighted by Gasteiger charge is -2.11. The Morgan fingerprint density at radius 1 is 1.08 bits per heavy atom. The molecule has 0 aliphatic carbocycles. The fourth-order valence-electron chi connectivity index (χ4n) is 3.12. The van der Waals surface area contributed by atoms with E-state index >= 15 is 0 Å². The minimum absolute atomic E-state index is 0.222. The van der Waals surface area contributed by atoms with Gasteiger partial charge in [0.05, 0.1) is 18.4 Å². The fraction of sp³-hybridized carbons (Fsp3) is 0.143. The van der Waals surface area contributed by atoms with E-state index in [1.807, 2.05) is 41.0 Å². The Morgan fingerprint density at radius 3 is 2.62 bits per heavy atom. The number of cyclic esters (lactones) is 1. The summed E-state index contributed by atoms with van der Waals surface area (Å²) in [5, 5.41) is 9.70. The van der Waals surface area contributed by atoms with Gasteiger partial charge in [0.15, 0.2) is 5.76 Å². The predicted octanol–water partition coefficient (Wildman–Crippen LogP) is 3.52. The molecule has 5 heteroatoms. The van der Waals surface area contributed by atoms with Crippen molar-refractivity contribution in [3.05, 3.63) is 89.5 Å². The van der Waals surface area contributed by atoms with Crippen molar-refractivity contribution in [1.29, 1.82) is 0 Å². The van der Waals surface area contributed by atoms with Crippen molar-refractivity contribution in [3.8, 4) is 5.75 Å². The number of benzene rings is 2. The fourth-order valence-corrected chi connectivity index (χ4v) is 3.12. The molecule has 1 aliphatic rings. The second-order valence-electron chi connectivity index (χ2n) is 6.25. The van der Waals surface area contributed by atoms with E-state index in [1.165, 1.54) is 0 Å². The average molecular weight is 346 g/mol. The normalized spacial score (nSPS) is 13.5. The first-order chi connectivity index (χ1) is 12.7.